The van der Waals surface area contributed by atoms with Gasteiger partial charge in [-0.2, -0.15) is 0 Å². The van der Waals surface area contributed by atoms with E-state index in [1.165, 1.54) is 18.9 Å². The Balaban J connectivity index is 1.71. The Morgan fingerprint density at radius 2 is 1.66 bits per heavy atom. The van der Waals surface area contributed by atoms with Crippen LogP contribution in [-0.4, -0.2) is 22.6 Å². The molecule has 0 radical (unpaired) electrons. The molecule has 29 heavy (non-hydrogen) atoms. The first-order chi connectivity index (χ1) is 14.2. The maximum absolute atomic E-state index is 13.2. The number of nitrogens with zero attached hydrogens (tertiary/aromatic N) is 2. The van der Waals surface area contributed by atoms with Gasteiger partial charge in [0.1, 0.15) is 0 Å². The van der Waals surface area contributed by atoms with E-state index in [1.807, 2.05) is 60.7 Å². The minimum absolute atomic E-state index is 0.0923. The van der Waals surface area contributed by atoms with Crippen LogP contribution in [-0.2, 0) is 10.5 Å². The third kappa shape index (κ3) is 3.93. The summed E-state index contributed by atoms with van der Waals surface area (Å²) in [6.07, 6.45) is 0. The topological polar surface area (TPSA) is 61.2 Å². The van der Waals surface area contributed by atoms with E-state index in [2.05, 4.69) is 0 Å². The van der Waals surface area contributed by atoms with Gasteiger partial charge in [0.25, 0.3) is 5.56 Å². The zero-order valence-corrected chi connectivity index (χ0v) is 16.6. The maximum Gasteiger partial charge on any atom is 0.337 e. The highest BCUT2D eigenvalue weighted by Crippen LogP contribution is 2.24. The van der Waals surface area contributed by atoms with Crippen molar-refractivity contribution < 1.29 is 9.53 Å². The predicted molar refractivity (Wildman–Crippen MR) is 115 cm³/mol. The fourth-order valence-electron chi connectivity index (χ4n) is 3.02. The Morgan fingerprint density at radius 1 is 0.966 bits per heavy atom. The summed E-state index contributed by atoms with van der Waals surface area (Å²) in [6.45, 7) is 0. The summed E-state index contributed by atoms with van der Waals surface area (Å²) >= 11 is 1.48. The SMILES string of the molecule is COC(=O)c1ccc(CSc2nc3ccccc3c(=O)n2-c2ccccc2)cc1. The lowest BCUT2D eigenvalue weighted by atomic mass is 10.1. The maximum atomic E-state index is 13.2. The molecule has 0 unspecified atom stereocenters. The van der Waals surface area contributed by atoms with E-state index < -0.39 is 0 Å². The molecule has 4 aromatic rings. The fraction of sp³-hybridized carbons (Fsp3) is 0.0870. The molecular weight excluding hydrogens is 384 g/mol. The van der Waals surface area contributed by atoms with Crippen LogP contribution in [0.2, 0.25) is 0 Å². The Kier molecular flexibility index (Phi) is 5.44. The Morgan fingerprint density at radius 3 is 2.38 bits per heavy atom. The summed E-state index contributed by atoms with van der Waals surface area (Å²) in [5, 5.41) is 1.21. The first-order valence-electron chi connectivity index (χ1n) is 9.04. The monoisotopic (exact) mass is 402 g/mol. The van der Waals surface area contributed by atoms with Gasteiger partial charge in [-0.1, -0.05) is 54.2 Å². The molecule has 0 atom stereocenters. The van der Waals surface area contributed by atoms with Crippen molar-refractivity contribution in [1.82, 2.24) is 9.55 Å². The summed E-state index contributed by atoms with van der Waals surface area (Å²) in [4.78, 5) is 29.5. The van der Waals surface area contributed by atoms with Gasteiger partial charge in [-0.25, -0.2) is 9.78 Å². The average Bonchev–Trinajstić information content (AvgIpc) is 2.78. The molecule has 0 aliphatic rings. The molecule has 1 heterocycles. The number of aromatic nitrogens is 2. The number of carbonyl (C=O) groups excluding carboxylic acids is 1. The van der Waals surface area contributed by atoms with Crippen LogP contribution in [0.5, 0.6) is 0 Å². The van der Waals surface area contributed by atoms with Gasteiger partial charge in [0.05, 0.1) is 29.3 Å². The molecule has 0 spiro atoms. The van der Waals surface area contributed by atoms with Crippen LogP contribution >= 0.6 is 11.8 Å². The van der Waals surface area contributed by atoms with Crippen molar-refractivity contribution in [2.24, 2.45) is 0 Å². The van der Waals surface area contributed by atoms with Crippen LogP contribution < -0.4 is 5.56 Å². The van der Waals surface area contributed by atoms with Crippen molar-refractivity contribution >= 4 is 28.6 Å². The lowest BCUT2D eigenvalue weighted by molar-refractivity contribution is 0.0600. The second-order valence-corrected chi connectivity index (χ2v) is 7.31. The van der Waals surface area contributed by atoms with Gasteiger partial charge in [-0.3, -0.25) is 9.36 Å². The molecule has 0 aliphatic heterocycles. The number of rotatable bonds is 5. The van der Waals surface area contributed by atoms with Crippen molar-refractivity contribution in [1.29, 1.82) is 0 Å². The molecule has 0 amide bonds. The molecule has 1 aromatic heterocycles. The standard InChI is InChI=1S/C23H18N2O3S/c1-28-22(27)17-13-11-16(12-14-17)15-29-23-24-20-10-6-5-9-19(20)21(26)25(23)18-7-3-2-4-8-18/h2-14H,15H2,1H3. The molecule has 0 saturated heterocycles. The van der Waals surface area contributed by atoms with Crippen LogP contribution in [0.4, 0.5) is 0 Å². The minimum Gasteiger partial charge on any atom is -0.465 e. The zero-order chi connectivity index (χ0) is 20.2. The molecule has 6 heteroatoms. The van der Waals surface area contributed by atoms with Gasteiger partial charge < -0.3 is 4.74 Å². The quantitative estimate of drug-likeness (QED) is 0.280. The third-order valence-electron chi connectivity index (χ3n) is 4.50. The summed E-state index contributed by atoms with van der Waals surface area (Å²) in [6, 6.07) is 24.1. The number of thioether (sulfide) groups is 1. The van der Waals surface area contributed by atoms with Gasteiger partial charge in [-0.05, 0) is 42.0 Å². The second kappa shape index (κ2) is 8.32. The summed E-state index contributed by atoms with van der Waals surface area (Å²) in [5.41, 5.74) is 2.88. The number of carbonyl (C=O) groups is 1. The molecule has 4 rings (SSSR count). The lowest BCUT2D eigenvalue weighted by Gasteiger charge is -2.13. The van der Waals surface area contributed by atoms with Gasteiger partial charge >= 0.3 is 5.97 Å². The molecule has 0 saturated carbocycles. The zero-order valence-electron chi connectivity index (χ0n) is 15.7. The molecule has 144 valence electrons. The number of fused-ring (bicyclic) bond motifs is 1. The number of esters is 1. The van der Waals surface area contributed by atoms with E-state index in [4.69, 9.17) is 9.72 Å². The van der Waals surface area contributed by atoms with Crippen LogP contribution in [0, 0.1) is 0 Å². The smallest absolute Gasteiger partial charge is 0.337 e. The number of methoxy groups -OCH3 is 1. The number of ether oxygens (including phenoxy) is 1. The molecule has 0 N–H and O–H groups in total. The number of hydrogen-bond acceptors (Lipinski definition) is 5. The van der Waals surface area contributed by atoms with Crippen molar-refractivity contribution in [3.63, 3.8) is 0 Å². The highest BCUT2D eigenvalue weighted by Gasteiger charge is 2.13. The van der Waals surface area contributed by atoms with Gasteiger partial charge in [-0.15, -0.1) is 0 Å². The Bertz CT molecular complexity index is 1220. The van der Waals surface area contributed by atoms with E-state index in [0.717, 1.165) is 11.3 Å². The van der Waals surface area contributed by atoms with Crippen molar-refractivity contribution in [2.75, 3.05) is 7.11 Å². The average molecular weight is 402 g/mol. The predicted octanol–water partition coefficient (Wildman–Crippen LogP) is 4.46. The molecule has 0 bridgehead atoms. The van der Waals surface area contributed by atoms with Crippen LogP contribution in [0.1, 0.15) is 15.9 Å². The molecule has 0 fully saturated rings. The Labute approximate surface area is 172 Å². The van der Waals surface area contributed by atoms with Crippen LogP contribution in [0.25, 0.3) is 16.6 Å². The largest absolute Gasteiger partial charge is 0.465 e. The minimum atomic E-state index is -0.363. The fourth-order valence-corrected chi connectivity index (χ4v) is 3.99. The van der Waals surface area contributed by atoms with E-state index in [0.29, 0.717) is 27.4 Å². The van der Waals surface area contributed by atoms with Gasteiger partial charge in [0.2, 0.25) is 0 Å². The normalized spacial score (nSPS) is 10.8. The second-order valence-electron chi connectivity index (χ2n) is 6.36. The lowest BCUT2D eigenvalue weighted by Crippen LogP contribution is -2.21. The number of hydrogen-bond donors (Lipinski definition) is 0. The summed E-state index contributed by atoms with van der Waals surface area (Å²) in [5.74, 6) is 0.248. The number of benzene rings is 3. The van der Waals surface area contributed by atoms with E-state index >= 15 is 0 Å². The molecule has 3 aromatic carbocycles. The third-order valence-corrected chi connectivity index (χ3v) is 5.51. The van der Waals surface area contributed by atoms with Crippen LogP contribution in [0.15, 0.2) is 88.8 Å². The van der Waals surface area contributed by atoms with Crippen molar-refractivity contribution in [2.45, 2.75) is 10.9 Å². The van der Waals surface area contributed by atoms with E-state index in [9.17, 15) is 9.59 Å². The summed E-state index contributed by atoms with van der Waals surface area (Å²) < 4.78 is 6.38. The summed E-state index contributed by atoms with van der Waals surface area (Å²) in [7, 11) is 1.36. The molecule has 0 aliphatic carbocycles. The van der Waals surface area contributed by atoms with E-state index in [-0.39, 0.29) is 11.5 Å². The van der Waals surface area contributed by atoms with E-state index in [1.54, 1.807) is 22.8 Å². The first-order valence-corrected chi connectivity index (χ1v) is 10.0. The van der Waals surface area contributed by atoms with Gasteiger partial charge in [0, 0.05) is 5.75 Å². The number of para-hydroxylation sites is 2. The van der Waals surface area contributed by atoms with Crippen LogP contribution in [0.3, 0.4) is 0 Å². The Hall–Kier alpha value is -3.38. The highest BCUT2D eigenvalue weighted by atomic mass is 32.2. The molecular formula is C23H18N2O3S. The molecule has 5 nitrogen and oxygen atoms in total. The van der Waals surface area contributed by atoms with Crippen molar-refractivity contribution in [3.05, 3.63) is 100 Å². The van der Waals surface area contributed by atoms with Gasteiger partial charge in [0.15, 0.2) is 5.16 Å². The first kappa shape index (κ1) is 19.0. The highest BCUT2D eigenvalue weighted by molar-refractivity contribution is 7.98. The van der Waals surface area contributed by atoms with Crippen molar-refractivity contribution in [3.8, 4) is 5.69 Å².